The minimum absolute atomic E-state index is 0.305. The van der Waals surface area contributed by atoms with Crippen molar-refractivity contribution in [1.29, 1.82) is 0 Å². The Labute approximate surface area is 100 Å². The van der Waals surface area contributed by atoms with E-state index in [4.69, 9.17) is 15.6 Å². The number of hydrogen-bond donors (Lipinski definition) is 4. The summed E-state index contributed by atoms with van der Waals surface area (Å²) in [6, 6.07) is 0.788. The lowest BCUT2D eigenvalue weighted by Gasteiger charge is -2.17. The summed E-state index contributed by atoms with van der Waals surface area (Å²) in [5.41, 5.74) is 4.13. The highest BCUT2D eigenvalue weighted by Crippen LogP contribution is 2.28. The van der Waals surface area contributed by atoms with Gasteiger partial charge in [-0.05, 0) is 0 Å². The number of aliphatic hydroxyl groups is 3. The zero-order chi connectivity index (χ0) is 13.4. The Morgan fingerprint density at radius 2 is 2.17 bits per heavy atom. The van der Waals surface area contributed by atoms with Gasteiger partial charge in [0.2, 0.25) is 5.95 Å². The van der Waals surface area contributed by atoms with E-state index >= 15 is 0 Å². The molecule has 5 N–H and O–H groups in total. The molecular weight excluding hydrogens is 249 g/mol. The summed E-state index contributed by atoms with van der Waals surface area (Å²) in [4.78, 5) is 14.8. The smallest absolute Gasteiger partial charge is 0.353 e. The van der Waals surface area contributed by atoms with Gasteiger partial charge >= 0.3 is 5.69 Å². The molecule has 100 valence electrons. The first-order valence-corrected chi connectivity index (χ1v) is 5.12. The van der Waals surface area contributed by atoms with E-state index < -0.39 is 42.8 Å². The zero-order valence-corrected chi connectivity index (χ0v) is 9.10. The molecule has 0 bridgehead atoms. The highest BCUT2D eigenvalue weighted by Gasteiger charge is 2.44. The second-order valence-corrected chi connectivity index (χ2v) is 3.89. The van der Waals surface area contributed by atoms with E-state index in [1.54, 1.807) is 0 Å². The molecule has 1 aromatic rings. The Morgan fingerprint density at radius 3 is 2.67 bits per heavy atom. The van der Waals surface area contributed by atoms with Crippen molar-refractivity contribution in [2.75, 3.05) is 12.3 Å². The van der Waals surface area contributed by atoms with Crippen LogP contribution in [-0.4, -0.2) is 49.8 Å². The zero-order valence-electron chi connectivity index (χ0n) is 9.10. The molecule has 2 heterocycles. The summed E-state index contributed by atoms with van der Waals surface area (Å²) in [5, 5.41) is 28.1. The van der Waals surface area contributed by atoms with E-state index in [2.05, 4.69) is 4.98 Å². The predicted octanol–water partition coefficient (Wildman–Crippen LogP) is -2.42. The summed E-state index contributed by atoms with van der Waals surface area (Å²) in [6.07, 6.45) is -5.55. The Balaban J connectivity index is 2.42. The number of halogens is 1. The third kappa shape index (κ3) is 1.97. The van der Waals surface area contributed by atoms with Gasteiger partial charge in [-0.15, -0.1) is 0 Å². The predicted molar refractivity (Wildman–Crippen MR) is 55.9 cm³/mol. The first-order valence-electron chi connectivity index (χ1n) is 5.12. The summed E-state index contributed by atoms with van der Waals surface area (Å²) < 4.78 is 19.0. The number of ether oxygens (including phenoxy) is 1. The van der Waals surface area contributed by atoms with Gasteiger partial charge in [-0.25, -0.2) is 9.36 Å². The third-order valence-electron chi connectivity index (χ3n) is 2.70. The van der Waals surface area contributed by atoms with Crippen molar-refractivity contribution in [2.45, 2.75) is 24.5 Å². The molecule has 0 aliphatic carbocycles. The minimum Gasteiger partial charge on any atom is -0.394 e. The average molecular weight is 261 g/mol. The third-order valence-corrected chi connectivity index (χ3v) is 2.70. The van der Waals surface area contributed by atoms with Crippen molar-refractivity contribution in [2.24, 2.45) is 0 Å². The number of aliphatic hydroxyl groups excluding tert-OH is 3. The number of hydrogen-bond acceptors (Lipinski definition) is 7. The van der Waals surface area contributed by atoms with Gasteiger partial charge in [0.1, 0.15) is 24.1 Å². The topological polar surface area (TPSA) is 131 Å². The number of nitrogen functional groups attached to an aromatic ring is 1. The molecule has 1 aliphatic heterocycles. The van der Waals surface area contributed by atoms with E-state index in [-0.39, 0.29) is 5.82 Å². The monoisotopic (exact) mass is 261 g/mol. The van der Waals surface area contributed by atoms with Crippen LogP contribution in [0.3, 0.4) is 0 Å². The van der Waals surface area contributed by atoms with Crippen molar-refractivity contribution < 1.29 is 24.4 Å². The largest absolute Gasteiger partial charge is 0.394 e. The summed E-state index contributed by atoms with van der Waals surface area (Å²) in [6.45, 7) is -0.576. The van der Waals surface area contributed by atoms with Crippen LogP contribution in [0.4, 0.5) is 10.2 Å². The molecule has 0 spiro atoms. The highest BCUT2D eigenvalue weighted by molar-refractivity contribution is 5.24. The number of nitrogens with zero attached hydrogens (tertiary/aromatic N) is 2. The van der Waals surface area contributed by atoms with E-state index in [1.807, 2.05) is 0 Å². The molecule has 0 radical (unpaired) electrons. The first-order chi connectivity index (χ1) is 8.45. The summed E-state index contributed by atoms with van der Waals surface area (Å²) in [7, 11) is 0. The summed E-state index contributed by atoms with van der Waals surface area (Å²) in [5.74, 6) is -1.36. The second-order valence-electron chi connectivity index (χ2n) is 3.89. The van der Waals surface area contributed by atoms with Crippen LogP contribution >= 0.6 is 0 Å². The quantitative estimate of drug-likeness (QED) is 0.435. The number of aromatic nitrogens is 2. The first kappa shape index (κ1) is 12.9. The molecule has 1 aliphatic rings. The Bertz CT molecular complexity index is 507. The van der Waals surface area contributed by atoms with Crippen LogP contribution in [0.15, 0.2) is 10.9 Å². The van der Waals surface area contributed by atoms with Gasteiger partial charge in [-0.2, -0.15) is 9.37 Å². The van der Waals surface area contributed by atoms with Gasteiger partial charge in [0, 0.05) is 6.07 Å². The molecule has 8 nitrogen and oxygen atoms in total. The second kappa shape index (κ2) is 4.61. The molecular formula is C9H12FN3O5. The van der Waals surface area contributed by atoms with Gasteiger partial charge in [0.15, 0.2) is 6.23 Å². The fraction of sp³-hybridized carbons (Fsp3) is 0.556. The summed E-state index contributed by atoms with van der Waals surface area (Å²) >= 11 is 0. The lowest BCUT2D eigenvalue weighted by atomic mass is 10.1. The van der Waals surface area contributed by atoms with Crippen LogP contribution in [0.1, 0.15) is 6.23 Å². The van der Waals surface area contributed by atoms with E-state index in [0.29, 0.717) is 4.57 Å². The molecule has 1 saturated heterocycles. The van der Waals surface area contributed by atoms with Gasteiger partial charge in [0.25, 0.3) is 0 Å². The minimum atomic E-state index is -1.56. The van der Waals surface area contributed by atoms with Crippen molar-refractivity contribution in [3.05, 3.63) is 22.5 Å². The average Bonchev–Trinajstić information content (AvgIpc) is 2.56. The Kier molecular flexibility index (Phi) is 3.30. The van der Waals surface area contributed by atoms with Gasteiger partial charge in [-0.3, -0.25) is 0 Å². The molecule has 9 heteroatoms. The number of anilines is 1. The Morgan fingerprint density at radius 1 is 1.50 bits per heavy atom. The van der Waals surface area contributed by atoms with Crippen molar-refractivity contribution >= 4 is 5.82 Å². The molecule has 1 aromatic heterocycles. The van der Waals surface area contributed by atoms with Gasteiger partial charge < -0.3 is 25.8 Å². The van der Waals surface area contributed by atoms with Crippen LogP contribution in [0.25, 0.3) is 0 Å². The molecule has 0 amide bonds. The Hall–Kier alpha value is -1.55. The SMILES string of the molecule is Nc1cc(F)n([C@@H]2O[C@H](CO)[C@@H](O)[C@H]2O)c(=O)n1. The maximum Gasteiger partial charge on any atom is 0.353 e. The van der Waals surface area contributed by atoms with E-state index in [9.17, 15) is 19.4 Å². The molecule has 18 heavy (non-hydrogen) atoms. The van der Waals surface area contributed by atoms with Gasteiger partial charge in [-0.1, -0.05) is 0 Å². The van der Waals surface area contributed by atoms with Crippen LogP contribution in [0.2, 0.25) is 0 Å². The fourth-order valence-electron chi connectivity index (χ4n) is 1.80. The molecule has 0 aromatic carbocycles. The fourth-order valence-corrected chi connectivity index (χ4v) is 1.80. The van der Waals surface area contributed by atoms with Crippen LogP contribution in [-0.2, 0) is 4.74 Å². The van der Waals surface area contributed by atoms with Crippen molar-refractivity contribution in [3.8, 4) is 0 Å². The molecule has 0 unspecified atom stereocenters. The standard InChI is InChI=1S/C9H12FN3O5/c10-4-1-5(11)12-9(17)13(4)8-7(16)6(15)3(2-14)18-8/h1,3,6-8,14-16H,2H2,(H2,11,12,17)/t3-,6-,7-,8-/m1/s1. The van der Waals surface area contributed by atoms with Crippen LogP contribution in [0, 0.1) is 5.95 Å². The maximum atomic E-state index is 13.6. The molecule has 2 rings (SSSR count). The lowest BCUT2D eigenvalue weighted by molar-refractivity contribution is -0.0599. The maximum absolute atomic E-state index is 13.6. The molecule has 0 saturated carbocycles. The molecule has 1 fully saturated rings. The van der Waals surface area contributed by atoms with Crippen molar-refractivity contribution in [1.82, 2.24) is 9.55 Å². The number of rotatable bonds is 2. The highest BCUT2D eigenvalue weighted by atomic mass is 19.1. The lowest BCUT2D eigenvalue weighted by Crippen LogP contribution is -2.37. The van der Waals surface area contributed by atoms with E-state index in [1.165, 1.54) is 0 Å². The van der Waals surface area contributed by atoms with Crippen LogP contribution in [0.5, 0.6) is 0 Å². The number of nitrogens with two attached hydrogens (primary N) is 1. The van der Waals surface area contributed by atoms with E-state index in [0.717, 1.165) is 6.07 Å². The van der Waals surface area contributed by atoms with Gasteiger partial charge in [0.05, 0.1) is 6.61 Å². The normalized spacial score (nSPS) is 31.8. The van der Waals surface area contributed by atoms with Crippen molar-refractivity contribution in [3.63, 3.8) is 0 Å². The van der Waals surface area contributed by atoms with Crippen LogP contribution < -0.4 is 11.4 Å². The molecule has 4 atom stereocenters.